The third kappa shape index (κ3) is 3.17. The molecular formula is C21H18FN3O2. The molecule has 0 saturated heterocycles. The fourth-order valence-electron chi connectivity index (χ4n) is 3.34. The van der Waals surface area contributed by atoms with Crippen molar-refractivity contribution in [3.8, 4) is 6.07 Å². The molecule has 136 valence electrons. The van der Waals surface area contributed by atoms with E-state index in [1.807, 2.05) is 6.07 Å². The van der Waals surface area contributed by atoms with Crippen molar-refractivity contribution < 1.29 is 14.0 Å². The summed E-state index contributed by atoms with van der Waals surface area (Å²) in [5.41, 5.74) is 1.53. The Morgan fingerprint density at radius 3 is 2.48 bits per heavy atom. The SMILES string of the molecule is CC(NC(=O)c1cc(F)ccc1NC(=O)C12CC1C2)c1ccc(C#N)cc1. The van der Waals surface area contributed by atoms with E-state index in [1.54, 1.807) is 31.2 Å². The van der Waals surface area contributed by atoms with E-state index in [4.69, 9.17) is 5.26 Å². The van der Waals surface area contributed by atoms with E-state index in [1.165, 1.54) is 12.1 Å². The van der Waals surface area contributed by atoms with E-state index >= 15 is 0 Å². The first-order valence-electron chi connectivity index (χ1n) is 8.85. The van der Waals surface area contributed by atoms with Crippen molar-refractivity contribution in [3.05, 3.63) is 65.0 Å². The molecule has 5 nitrogen and oxygen atoms in total. The summed E-state index contributed by atoms with van der Waals surface area (Å²) in [5.74, 6) is -0.625. The zero-order valence-electron chi connectivity index (χ0n) is 14.8. The van der Waals surface area contributed by atoms with E-state index in [9.17, 15) is 14.0 Å². The Hall–Kier alpha value is -3.20. The minimum atomic E-state index is -0.543. The number of hydrogen-bond donors (Lipinski definition) is 2. The maximum atomic E-state index is 13.7. The molecule has 0 radical (unpaired) electrons. The number of fused-ring (bicyclic) bond motifs is 1. The molecule has 2 amide bonds. The molecule has 2 aromatic rings. The second-order valence-corrected chi connectivity index (χ2v) is 7.33. The van der Waals surface area contributed by atoms with Crippen LogP contribution < -0.4 is 10.6 Å². The van der Waals surface area contributed by atoms with Crippen LogP contribution in [-0.4, -0.2) is 11.8 Å². The maximum absolute atomic E-state index is 13.7. The summed E-state index contributed by atoms with van der Waals surface area (Å²) in [6.07, 6.45) is 1.80. The van der Waals surface area contributed by atoms with E-state index in [0.717, 1.165) is 24.5 Å². The summed E-state index contributed by atoms with van der Waals surface area (Å²) in [5, 5.41) is 14.5. The summed E-state index contributed by atoms with van der Waals surface area (Å²) in [4.78, 5) is 25.0. The summed E-state index contributed by atoms with van der Waals surface area (Å²) < 4.78 is 13.7. The van der Waals surface area contributed by atoms with Gasteiger partial charge >= 0.3 is 0 Å². The van der Waals surface area contributed by atoms with Crippen molar-refractivity contribution in [1.29, 1.82) is 5.26 Å². The normalized spacial score (nSPS) is 22.8. The number of carbonyl (C=O) groups excluding carboxylic acids is 2. The zero-order chi connectivity index (χ0) is 19.2. The van der Waals surface area contributed by atoms with Gasteiger partial charge in [0, 0.05) is 0 Å². The van der Waals surface area contributed by atoms with E-state index in [-0.39, 0.29) is 22.9 Å². The van der Waals surface area contributed by atoms with Gasteiger partial charge in [0.2, 0.25) is 5.91 Å². The van der Waals surface area contributed by atoms with Crippen molar-refractivity contribution in [2.75, 3.05) is 5.32 Å². The van der Waals surface area contributed by atoms with Gasteiger partial charge in [0.25, 0.3) is 5.91 Å². The van der Waals surface area contributed by atoms with Crippen LogP contribution in [0.25, 0.3) is 0 Å². The van der Waals surface area contributed by atoms with Crippen molar-refractivity contribution >= 4 is 17.5 Å². The van der Waals surface area contributed by atoms with Crippen LogP contribution in [0.1, 0.15) is 47.3 Å². The first-order chi connectivity index (χ1) is 12.9. The average molecular weight is 363 g/mol. The van der Waals surface area contributed by atoms with Crippen LogP contribution in [0.4, 0.5) is 10.1 Å². The van der Waals surface area contributed by atoms with Crippen LogP contribution in [0.15, 0.2) is 42.5 Å². The lowest BCUT2D eigenvalue weighted by molar-refractivity contribution is -0.119. The summed E-state index contributed by atoms with van der Waals surface area (Å²) in [6.45, 7) is 1.80. The van der Waals surface area contributed by atoms with Crippen molar-refractivity contribution in [1.82, 2.24) is 5.32 Å². The van der Waals surface area contributed by atoms with Gasteiger partial charge in [-0.15, -0.1) is 0 Å². The van der Waals surface area contributed by atoms with E-state index in [2.05, 4.69) is 10.6 Å². The fourth-order valence-corrected chi connectivity index (χ4v) is 3.34. The largest absolute Gasteiger partial charge is 0.345 e. The Morgan fingerprint density at radius 1 is 1.22 bits per heavy atom. The maximum Gasteiger partial charge on any atom is 0.253 e. The minimum Gasteiger partial charge on any atom is -0.345 e. The predicted molar refractivity (Wildman–Crippen MR) is 97.2 cm³/mol. The van der Waals surface area contributed by atoms with Gasteiger partial charge < -0.3 is 10.6 Å². The third-order valence-corrected chi connectivity index (χ3v) is 5.50. The third-order valence-electron chi connectivity index (χ3n) is 5.50. The number of carbonyl (C=O) groups is 2. The van der Waals surface area contributed by atoms with Crippen molar-refractivity contribution in [2.24, 2.45) is 11.3 Å². The van der Waals surface area contributed by atoms with Gasteiger partial charge in [0.1, 0.15) is 5.82 Å². The zero-order valence-corrected chi connectivity index (χ0v) is 14.8. The topological polar surface area (TPSA) is 82.0 Å². The summed E-state index contributed by atoms with van der Waals surface area (Å²) in [6, 6.07) is 12.4. The molecule has 2 fully saturated rings. The number of anilines is 1. The number of nitrogens with one attached hydrogen (secondary N) is 2. The highest BCUT2D eigenvalue weighted by Crippen LogP contribution is 2.75. The Morgan fingerprint density at radius 2 is 1.89 bits per heavy atom. The molecule has 2 N–H and O–H groups in total. The highest BCUT2D eigenvalue weighted by atomic mass is 19.1. The Balaban J connectivity index is 1.50. The van der Waals surface area contributed by atoms with Crippen molar-refractivity contribution in [3.63, 3.8) is 0 Å². The average Bonchev–Trinajstić information content (AvgIpc) is 3.53. The van der Waals surface area contributed by atoms with Gasteiger partial charge in [-0.1, -0.05) is 12.1 Å². The van der Waals surface area contributed by atoms with Gasteiger partial charge in [-0.05, 0) is 61.6 Å². The quantitative estimate of drug-likeness (QED) is 0.852. The van der Waals surface area contributed by atoms with E-state index < -0.39 is 11.7 Å². The molecule has 0 bridgehead atoms. The summed E-state index contributed by atoms with van der Waals surface area (Å²) in [7, 11) is 0. The molecule has 0 aromatic heterocycles. The Bertz CT molecular complexity index is 972. The molecule has 1 atom stereocenters. The fraction of sp³-hybridized carbons (Fsp3) is 0.286. The van der Waals surface area contributed by atoms with Crippen molar-refractivity contribution in [2.45, 2.75) is 25.8 Å². The molecule has 6 heteroatoms. The van der Waals surface area contributed by atoms with Crippen LogP contribution in [0.5, 0.6) is 0 Å². The standard InChI is InChI=1S/C21H18FN3O2/c1-12(14-4-2-13(11-23)3-5-14)24-19(26)17-8-16(22)6-7-18(17)25-20(27)21-9-15(21)10-21/h2-8,12,15H,9-10H2,1H3,(H,24,26)(H,25,27). The number of benzene rings is 2. The molecule has 0 aliphatic heterocycles. The van der Waals surface area contributed by atoms with Crippen LogP contribution in [0, 0.1) is 28.5 Å². The monoisotopic (exact) mass is 363 g/mol. The van der Waals surface area contributed by atoms with E-state index in [0.29, 0.717) is 17.2 Å². The molecule has 2 saturated carbocycles. The van der Waals surface area contributed by atoms with Gasteiger partial charge in [-0.25, -0.2) is 4.39 Å². The second-order valence-electron chi connectivity index (χ2n) is 7.33. The lowest BCUT2D eigenvalue weighted by Gasteiger charge is -2.17. The molecule has 0 heterocycles. The molecule has 2 aromatic carbocycles. The lowest BCUT2D eigenvalue weighted by atomic mass is 10.1. The minimum absolute atomic E-state index is 0.0895. The number of nitriles is 1. The van der Waals surface area contributed by atoms with Crippen LogP contribution >= 0.6 is 0 Å². The smallest absolute Gasteiger partial charge is 0.253 e. The first-order valence-corrected chi connectivity index (χ1v) is 8.85. The number of hydrogen-bond acceptors (Lipinski definition) is 3. The summed E-state index contributed by atoms with van der Waals surface area (Å²) >= 11 is 0. The molecule has 0 spiro atoms. The molecule has 2 aliphatic rings. The number of amides is 2. The van der Waals surface area contributed by atoms with Gasteiger partial charge in [0.05, 0.1) is 34.3 Å². The van der Waals surface area contributed by atoms with Crippen LogP contribution in [0.3, 0.4) is 0 Å². The van der Waals surface area contributed by atoms with Gasteiger partial charge in [0.15, 0.2) is 0 Å². The van der Waals surface area contributed by atoms with Gasteiger partial charge in [-0.3, -0.25) is 9.59 Å². The second kappa shape index (κ2) is 6.20. The van der Waals surface area contributed by atoms with Crippen LogP contribution in [-0.2, 0) is 4.79 Å². The predicted octanol–water partition coefficient (Wildman–Crippen LogP) is 3.54. The number of halogens is 1. The Labute approximate surface area is 156 Å². The molecular weight excluding hydrogens is 345 g/mol. The highest BCUT2D eigenvalue weighted by Gasteiger charge is 2.74. The van der Waals surface area contributed by atoms with Crippen LogP contribution in [0.2, 0.25) is 0 Å². The van der Waals surface area contributed by atoms with Gasteiger partial charge in [-0.2, -0.15) is 5.26 Å². The number of rotatable bonds is 5. The first kappa shape index (κ1) is 17.2. The molecule has 2 aliphatic carbocycles. The molecule has 4 rings (SSSR count). The molecule has 1 unspecified atom stereocenters. The number of nitrogens with zero attached hydrogens (tertiary/aromatic N) is 1. The lowest BCUT2D eigenvalue weighted by Crippen LogP contribution is -2.28. The highest BCUT2D eigenvalue weighted by molar-refractivity contribution is 6.07. The molecule has 27 heavy (non-hydrogen) atoms. The Kier molecular flexibility index (Phi) is 3.96.